The molecule has 7 heteroatoms. The topological polar surface area (TPSA) is 54.9 Å². The smallest absolute Gasteiger partial charge is 0.191 e. The fraction of sp³-hybridized carbons (Fsp3) is 0.389. The quantitative estimate of drug-likeness (QED) is 0.265. The van der Waals surface area contributed by atoms with Gasteiger partial charge < -0.3 is 20.1 Å². The molecule has 2 N–H and O–H groups in total. The van der Waals surface area contributed by atoms with Gasteiger partial charge in [-0.2, -0.15) is 11.3 Å². The fourth-order valence-electron chi connectivity index (χ4n) is 2.34. The molecule has 0 amide bonds. The van der Waals surface area contributed by atoms with E-state index in [0.29, 0.717) is 0 Å². The summed E-state index contributed by atoms with van der Waals surface area (Å²) in [7, 11) is 5.10. The predicted molar refractivity (Wildman–Crippen MR) is 116 cm³/mol. The second-order valence-corrected chi connectivity index (χ2v) is 6.06. The summed E-state index contributed by atoms with van der Waals surface area (Å²) in [6.07, 6.45) is 1.98. The highest BCUT2D eigenvalue weighted by Crippen LogP contribution is 2.27. The number of thiophene rings is 1. The van der Waals surface area contributed by atoms with Crippen LogP contribution in [0.1, 0.15) is 17.5 Å². The molecule has 0 radical (unpaired) electrons. The predicted octanol–water partition coefficient (Wildman–Crippen LogP) is 3.68. The van der Waals surface area contributed by atoms with E-state index < -0.39 is 0 Å². The summed E-state index contributed by atoms with van der Waals surface area (Å²) in [6.45, 7) is 1.65. The highest BCUT2D eigenvalue weighted by Gasteiger charge is 2.04. The lowest BCUT2D eigenvalue weighted by Gasteiger charge is -2.12. The van der Waals surface area contributed by atoms with Gasteiger partial charge in [0.25, 0.3) is 0 Å². The van der Waals surface area contributed by atoms with Crippen molar-refractivity contribution in [3.8, 4) is 11.5 Å². The van der Waals surface area contributed by atoms with Crippen LogP contribution in [0, 0.1) is 0 Å². The molecule has 1 heterocycles. The molecule has 2 rings (SSSR count). The van der Waals surface area contributed by atoms with Gasteiger partial charge in [0.2, 0.25) is 0 Å². The van der Waals surface area contributed by atoms with Gasteiger partial charge in [0.1, 0.15) is 0 Å². The van der Waals surface area contributed by atoms with E-state index in [4.69, 9.17) is 9.47 Å². The Morgan fingerprint density at radius 3 is 2.52 bits per heavy atom. The van der Waals surface area contributed by atoms with Crippen LogP contribution in [0.5, 0.6) is 11.5 Å². The molecule has 0 saturated heterocycles. The molecule has 0 unspecified atom stereocenters. The average molecular weight is 475 g/mol. The number of ether oxygens (including phenoxy) is 2. The van der Waals surface area contributed by atoms with Crippen molar-refractivity contribution in [3.05, 3.63) is 46.2 Å². The molecule has 1 aromatic heterocycles. The molecule has 0 fully saturated rings. The zero-order chi connectivity index (χ0) is 17.2. The molecule has 0 spiro atoms. The van der Waals surface area contributed by atoms with Crippen molar-refractivity contribution in [2.24, 2.45) is 4.99 Å². The van der Waals surface area contributed by atoms with Gasteiger partial charge >= 0.3 is 0 Å². The van der Waals surface area contributed by atoms with Crippen molar-refractivity contribution in [3.63, 3.8) is 0 Å². The van der Waals surface area contributed by atoms with Crippen LogP contribution in [0.2, 0.25) is 0 Å². The first kappa shape index (κ1) is 21.6. The zero-order valence-corrected chi connectivity index (χ0v) is 18.0. The van der Waals surface area contributed by atoms with E-state index >= 15 is 0 Å². The number of nitrogens with zero attached hydrogens (tertiary/aromatic N) is 1. The van der Waals surface area contributed by atoms with Gasteiger partial charge in [0.05, 0.1) is 14.2 Å². The number of benzene rings is 1. The Balaban J connectivity index is 0.00000312. The fourth-order valence-corrected chi connectivity index (χ4v) is 3.00. The van der Waals surface area contributed by atoms with Crippen LogP contribution in [-0.2, 0) is 13.0 Å². The van der Waals surface area contributed by atoms with Crippen molar-refractivity contribution in [2.45, 2.75) is 19.4 Å². The van der Waals surface area contributed by atoms with Crippen LogP contribution < -0.4 is 20.1 Å². The molecule has 0 aliphatic rings. The van der Waals surface area contributed by atoms with E-state index in [9.17, 15) is 0 Å². The van der Waals surface area contributed by atoms with Crippen molar-refractivity contribution < 1.29 is 9.47 Å². The number of hydrogen-bond donors (Lipinski definition) is 2. The van der Waals surface area contributed by atoms with Crippen molar-refractivity contribution in [1.82, 2.24) is 10.6 Å². The number of aliphatic imine (C=N–C) groups is 1. The standard InChI is InChI=1S/C18H25N3O2S.HI/c1-19-18(21-12-15-8-10-24-13-15)20-9-4-5-14-6-7-16(22-2)17(11-14)23-3;/h6-8,10-11,13H,4-5,9,12H2,1-3H3,(H2,19,20,21);1H. The van der Waals surface area contributed by atoms with E-state index in [2.05, 4.69) is 38.5 Å². The molecular formula is C18H26IN3O2S. The average Bonchev–Trinajstić information content (AvgIpc) is 3.14. The van der Waals surface area contributed by atoms with Gasteiger partial charge in [0.15, 0.2) is 17.5 Å². The van der Waals surface area contributed by atoms with Gasteiger partial charge in [-0.25, -0.2) is 0 Å². The maximum Gasteiger partial charge on any atom is 0.191 e. The molecule has 1 aromatic carbocycles. The molecule has 0 saturated carbocycles. The van der Waals surface area contributed by atoms with Crippen LogP contribution in [-0.4, -0.2) is 33.8 Å². The third kappa shape index (κ3) is 7.11. The van der Waals surface area contributed by atoms with Gasteiger partial charge in [-0.3, -0.25) is 4.99 Å². The summed E-state index contributed by atoms with van der Waals surface area (Å²) in [5.74, 6) is 2.36. The monoisotopic (exact) mass is 475 g/mol. The van der Waals surface area contributed by atoms with Gasteiger partial charge in [-0.1, -0.05) is 6.07 Å². The summed E-state index contributed by atoms with van der Waals surface area (Å²) in [5, 5.41) is 10.9. The minimum absolute atomic E-state index is 0. The first-order chi connectivity index (χ1) is 11.8. The zero-order valence-electron chi connectivity index (χ0n) is 14.9. The lowest BCUT2D eigenvalue weighted by molar-refractivity contribution is 0.354. The molecule has 0 aliphatic heterocycles. The Labute approximate surface area is 170 Å². The van der Waals surface area contributed by atoms with Crippen LogP contribution >= 0.6 is 35.3 Å². The van der Waals surface area contributed by atoms with Gasteiger partial charge in [0, 0.05) is 20.1 Å². The SMILES string of the molecule is CN=C(NCCCc1ccc(OC)c(OC)c1)NCc1ccsc1.I. The van der Waals surface area contributed by atoms with E-state index in [1.807, 2.05) is 12.1 Å². The van der Waals surface area contributed by atoms with Crippen molar-refractivity contribution >= 4 is 41.3 Å². The number of nitrogens with one attached hydrogen (secondary N) is 2. The van der Waals surface area contributed by atoms with Crippen molar-refractivity contribution in [2.75, 3.05) is 27.8 Å². The van der Waals surface area contributed by atoms with Crippen molar-refractivity contribution in [1.29, 1.82) is 0 Å². The number of rotatable bonds is 8. The van der Waals surface area contributed by atoms with E-state index in [1.54, 1.807) is 32.6 Å². The minimum Gasteiger partial charge on any atom is -0.493 e. The number of aryl methyl sites for hydroxylation is 1. The molecular weight excluding hydrogens is 449 g/mol. The Bertz CT molecular complexity index is 648. The van der Waals surface area contributed by atoms with E-state index in [1.165, 1.54) is 11.1 Å². The van der Waals surface area contributed by atoms with Crippen LogP contribution in [0.4, 0.5) is 0 Å². The Morgan fingerprint density at radius 1 is 1.08 bits per heavy atom. The molecule has 25 heavy (non-hydrogen) atoms. The number of halogens is 1. The molecule has 0 atom stereocenters. The van der Waals surface area contributed by atoms with Crippen LogP contribution in [0.25, 0.3) is 0 Å². The summed E-state index contributed by atoms with van der Waals surface area (Å²) in [4.78, 5) is 4.24. The normalized spacial score (nSPS) is 10.8. The van der Waals surface area contributed by atoms with Gasteiger partial charge in [-0.05, 0) is 52.9 Å². The van der Waals surface area contributed by atoms with Crippen LogP contribution in [0.3, 0.4) is 0 Å². The third-order valence-electron chi connectivity index (χ3n) is 3.65. The van der Waals surface area contributed by atoms with E-state index in [-0.39, 0.29) is 24.0 Å². The Hall–Kier alpha value is -1.48. The lowest BCUT2D eigenvalue weighted by atomic mass is 10.1. The first-order valence-corrected chi connectivity index (χ1v) is 8.87. The maximum atomic E-state index is 5.34. The number of hydrogen-bond acceptors (Lipinski definition) is 4. The summed E-state index contributed by atoms with van der Waals surface area (Å²) >= 11 is 1.70. The molecule has 138 valence electrons. The lowest BCUT2D eigenvalue weighted by Crippen LogP contribution is -2.37. The largest absolute Gasteiger partial charge is 0.493 e. The summed E-state index contributed by atoms with van der Waals surface area (Å²) in [6, 6.07) is 8.17. The van der Waals surface area contributed by atoms with E-state index in [0.717, 1.165) is 43.4 Å². The highest BCUT2D eigenvalue weighted by molar-refractivity contribution is 14.0. The number of guanidine groups is 1. The van der Waals surface area contributed by atoms with Crippen LogP contribution in [0.15, 0.2) is 40.0 Å². The Kier molecular flexibility index (Phi) is 10.3. The summed E-state index contributed by atoms with van der Waals surface area (Å²) < 4.78 is 10.6. The molecule has 2 aromatic rings. The second-order valence-electron chi connectivity index (χ2n) is 5.28. The maximum absolute atomic E-state index is 5.34. The second kappa shape index (κ2) is 12.0. The minimum atomic E-state index is 0. The van der Waals surface area contributed by atoms with Gasteiger partial charge in [-0.15, -0.1) is 24.0 Å². The molecule has 5 nitrogen and oxygen atoms in total. The molecule has 0 aliphatic carbocycles. The Morgan fingerprint density at radius 2 is 1.88 bits per heavy atom. The highest BCUT2D eigenvalue weighted by atomic mass is 127. The third-order valence-corrected chi connectivity index (χ3v) is 4.38. The summed E-state index contributed by atoms with van der Waals surface area (Å²) in [5.41, 5.74) is 2.50. The first-order valence-electron chi connectivity index (χ1n) is 7.93. The number of methoxy groups -OCH3 is 2. The molecule has 0 bridgehead atoms.